The Hall–Kier alpha value is -1.16. The Labute approximate surface area is 119 Å². The van der Waals surface area contributed by atoms with Gasteiger partial charge < -0.3 is 0 Å². The third-order valence-corrected chi connectivity index (χ3v) is 5.75. The molecule has 0 fully saturated rings. The molecular formula is C11H19N3O4S2. The summed E-state index contributed by atoms with van der Waals surface area (Å²) in [6.45, 7) is 4.92. The highest BCUT2D eigenvalue weighted by Gasteiger charge is 2.25. The van der Waals surface area contributed by atoms with E-state index >= 15 is 0 Å². The number of nitrogens with one attached hydrogen (secondary N) is 1. The first-order valence-corrected chi connectivity index (χ1v) is 9.03. The quantitative estimate of drug-likeness (QED) is 0.606. The minimum Gasteiger partial charge on any atom is -0.273 e. The van der Waals surface area contributed by atoms with Crippen molar-refractivity contribution >= 4 is 25.7 Å². The van der Waals surface area contributed by atoms with Gasteiger partial charge >= 0.3 is 0 Å². The van der Waals surface area contributed by atoms with Crippen molar-refractivity contribution in [2.24, 2.45) is 5.84 Å². The third-order valence-electron chi connectivity index (χ3n) is 3.10. The lowest BCUT2D eigenvalue weighted by Gasteiger charge is -2.24. The molecule has 0 saturated carbocycles. The van der Waals surface area contributed by atoms with Crippen molar-refractivity contribution in [1.82, 2.24) is 4.83 Å². The molecule has 114 valence electrons. The van der Waals surface area contributed by atoms with E-state index in [4.69, 9.17) is 5.84 Å². The maximum Gasteiger partial charge on any atom is 0.253 e. The number of sulfonamides is 2. The summed E-state index contributed by atoms with van der Waals surface area (Å²) in [5, 5.41) is 0. The van der Waals surface area contributed by atoms with Gasteiger partial charge in [-0.25, -0.2) is 16.8 Å². The molecule has 0 atom stereocenters. The van der Waals surface area contributed by atoms with E-state index in [0.717, 1.165) is 10.6 Å². The molecule has 9 heteroatoms. The van der Waals surface area contributed by atoms with Crippen LogP contribution in [0.25, 0.3) is 0 Å². The molecule has 1 aromatic rings. The minimum absolute atomic E-state index is 0.00361. The van der Waals surface area contributed by atoms with Crippen LogP contribution in [0.4, 0.5) is 5.69 Å². The molecule has 0 radical (unpaired) electrons. The van der Waals surface area contributed by atoms with Crippen LogP contribution in [0.1, 0.15) is 16.7 Å². The van der Waals surface area contributed by atoms with Gasteiger partial charge in [0.1, 0.15) is 0 Å². The molecule has 1 aromatic carbocycles. The van der Waals surface area contributed by atoms with Gasteiger partial charge in [-0.15, -0.1) is 0 Å². The smallest absolute Gasteiger partial charge is 0.253 e. The fourth-order valence-electron chi connectivity index (χ4n) is 2.28. The monoisotopic (exact) mass is 321 g/mol. The Balaban J connectivity index is 3.79. The van der Waals surface area contributed by atoms with Gasteiger partial charge in [0.2, 0.25) is 10.0 Å². The van der Waals surface area contributed by atoms with Gasteiger partial charge in [-0.05, 0) is 37.5 Å². The van der Waals surface area contributed by atoms with Gasteiger partial charge in [0.05, 0.1) is 16.8 Å². The zero-order valence-corrected chi connectivity index (χ0v) is 13.7. The van der Waals surface area contributed by atoms with Crippen molar-refractivity contribution in [3.05, 3.63) is 22.8 Å². The van der Waals surface area contributed by atoms with E-state index < -0.39 is 20.0 Å². The van der Waals surface area contributed by atoms with Crippen LogP contribution in [0.15, 0.2) is 11.0 Å². The van der Waals surface area contributed by atoms with Crippen LogP contribution in [0.3, 0.4) is 0 Å². The molecule has 0 aliphatic rings. The number of aryl methyl sites for hydroxylation is 2. The maximum atomic E-state index is 12.0. The lowest BCUT2D eigenvalue weighted by Crippen LogP contribution is -2.32. The lowest BCUT2D eigenvalue weighted by atomic mass is 10.1. The fourth-order valence-corrected chi connectivity index (χ4v) is 3.99. The van der Waals surface area contributed by atoms with Gasteiger partial charge in [-0.1, -0.05) is 6.07 Å². The summed E-state index contributed by atoms with van der Waals surface area (Å²) in [4.78, 5) is 1.76. The second-order valence-corrected chi connectivity index (χ2v) is 8.33. The second-order valence-electron chi connectivity index (χ2n) is 4.66. The zero-order chi connectivity index (χ0) is 15.9. The number of nitrogens with zero attached hydrogens (tertiary/aromatic N) is 1. The van der Waals surface area contributed by atoms with Crippen LogP contribution in [0.5, 0.6) is 0 Å². The van der Waals surface area contributed by atoms with Crippen molar-refractivity contribution in [3.63, 3.8) is 0 Å². The summed E-state index contributed by atoms with van der Waals surface area (Å²) in [5.74, 6) is 5.06. The van der Waals surface area contributed by atoms with E-state index in [2.05, 4.69) is 0 Å². The van der Waals surface area contributed by atoms with Gasteiger partial charge in [0.15, 0.2) is 0 Å². The lowest BCUT2D eigenvalue weighted by molar-refractivity contribution is 0.582. The normalized spacial score (nSPS) is 12.5. The van der Waals surface area contributed by atoms with E-state index in [-0.39, 0.29) is 4.90 Å². The molecule has 3 N–H and O–H groups in total. The Morgan fingerprint density at radius 2 is 1.60 bits per heavy atom. The van der Waals surface area contributed by atoms with Crippen molar-refractivity contribution in [2.45, 2.75) is 25.7 Å². The average molecular weight is 321 g/mol. The third kappa shape index (κ3) is 2.95. The molecular weight excluding hydrogens is 302 g/mol. The van der Waals surface area contributed by atoms with Crippen LogP contribution in [0.2, 0.25) is 0 Å². The molecule has 20 heavy (non-hydrogen) atoms. The van der Waals surface area contributed by atoms with Crippen molar-refractivity contribution in [2.75, 3.05) is 17.6 Å². The topological polar surface area (TPSA) is 110 Å². The number of rotatable bonds is 4. The SMILES string of the molecule is Cc1cc(C)c(S(=O)(=O)NN)c(C)c1N(C)S(C)(=O)=O. The predicted octanol–water partition coefficient (Wildman–Crippen LogP) is 0.160. The predicted molar refractivity (Wildman–Crippen MR) is 78.4 cm³/mol. The average Bonchev–Trinajstić information content (AvgIpc) is 2.26. The Kier molecular flexibility index (Phi) is 4.49. The van der Waals surface area contributed by atoms with E-state index in [1.54, 1.807) is 31.7 Å². The first-order valence-electron chi connectivity index (χ1n) is 5.70. The minimum atomic E-state index is -3.87. The first kappa shape index (κ1) is 16.9. The summed E-state index contributed by atoms with van der Waals surface area (Å²) >= 11 is 0. The molecule has 0 unspecified atom stereocenters. The number of hydrogen-bond acceptors (Lipinski definition) is 5. The molecule has 0 heterocycles. The van der Waals surface area contributed by atoms with Gasteiger partial charge in [0.25, 0.3) is 10.0 Å². The Morgan fingerprint density at radius 3 is 2.00 bits per heavy atom. The highest BCUT2D eigenvalue weighted by Crippen LogP contribution is 2.33. The van der Waals surface area contributed by atoms with E-state index in [1.807, 2.05) is 0 Å². The van der Waals surface area contributed by atoms with Gasteiger partial charge in [-0.2, -0.15) is 4.83 Å². The largest absolute Gasteiger partial charge is 0.273 e. The van der Waals surface area contributed by atoms with Gasteiger partial charge in [0, 0.05) is 7.05 Å². The van der Waals surface area contributed by atoms with E-state index in [1.165, 1.54) is 7.05 Å². The highest BCUT2D eigenvalue weighted by molar-refractivity contribution is 7.92. The van der Waals surface area contributed by atoms with Gasteiger partial charge in [-0.3, -0.25) is 10.1 Å². The molecule has 0 bridgehead atoms. The molecule has 0 saturated heterocycles. The summed E-state index contributed by atoms with van der Waals surface area (Å²) in [6.07, 6.45) is 1.06. The summed E-state index contributed by atoms with van der Waals surface area (Å²) in [7, 11) is -5.99. The van der Waals surface area contributed by atoms with Crippen LogP contribution < -0.4 is 15.0 Å². The first-order chi connectivity index (χ1) is 8.93. The Morgan fingerprint density at radius 1 is 1.10 bits per heavy atom. The number of benzene rings is 1. The molecule has 0 spiro atoms. The van der Waals surface area contributed by atoms with E-state index in [0.29, 0.717) is 22.4 Å². The summed E-state index contributed by atoms with van der Waals surface area (Å²) < 4.78 is 48.4. The molecule has 0 aliphatic carbocycles. The van der Waals surface area contributed by atoms with Crippen molar-refractivity contribution in [3.8, 4) is 0 Å². The number of anilines is 1. The van der Waals surface area contributed by atoms with E-state index in [9.17, 15) is 16.8 Å². The molecule has 0 aliphatic heterocycles. The summed E-state index contributed by atoms with van der Waals surface area (Å²) in [6, 6.07) is 1.62. The second kappa shape index (κ2) is 5.32. The van der Waals surface area contributed by atoms with Crippen LogP contribution in [0, 0.1) is 20.8 Å². The van der Waals surface area contributed by atoms with Crippen LogP contribution in [-0.4, -0.2) is 30.1 Å². The zero-order valence-electron chi connectivity index (χ0n) is 12.1. The molecule has 0 amide bonds. The maximum absolute atomic E-state index is 12.0. The summed E-state index contributed by atoms with van der Waals surface area (Å²) in [5.41, 5.74) is 1.85. The van der Waals surface area contributed by atoms with Crippen LogP contribution in [-0.2, 0) is 20.0 Å². The highest BCUT2D eigenvalue weighted by atomic mass is 32.2. The fraction of sp³-hybridized carbons (Fsp3) is 0.455. The Bertz CT molecular complexity index is 739. The van der Waals surface area contributed by atoms with Crippen molar-refractivity contribution < 1.29 is 16.8 Å². The number of hydrazine groups is 1. The molecule has 1 rings (SSSR count). The molecule has 0 aromatic heterocycles. The van der Waals surface area contributed by atoms with Crippen LogP contribution >= 0.6 is 0 Å². The molecule has 7 nitrogen and oxygen atoms in total. The van der Waals surface area contributed by atoms with Crippen molar-refractivity contribution in [1.29, 1.82) is 0 Å². The number of nitrogens with two attached hydrogens (primary N) is 1. The standard InChI is InChI=1S/C11H19N3O4S2/c1-7-6-8(2)11(20(17,18)13-12)9(3)10(7)14(4)19(5,15)16/h6,13H,12H2,1-5H3. The number of hydrogen-bond donors (Lipinski definition) is 2.